The number of methoxy groups -OCH3 is 1. The molecule has 0 amide bonds. The highest BCUT2D eigenvalue weighted by Crippen LogP contribution is 2.19. The van der Waals surface area contributed by atoms with E-state index < -0.39 is 11.8 Å². The van der Waals surface area contributed by atoms with Gasteiger partial charge in [-0.2, -0.15) is 0 Å². The van der Waals surface area contributed by atoms with Gasteiger partial charge in [0.15, 0.2) is 0 Å². The second kappa shape index (κ2) is 6.96. The fourth-order valence-corrected chi connectivity index (χ4v) is 1.79. The Labute approximate surface area is 106 Å². The van der Waals surface area contributed by atoms with E-state index in [1.807, 2.05) is 6.92 Å². The summed E-state index contributed by atoms with van der Waals surface area (Å²) in [7, 11) is 1.59. The highest BCUT2D eigenvalue weighted by atomic mass is 19.1. The summed E-state index contributed by atoms with van der Waals surface area (Å²) in [5.41, 5.74) is 0.353. The third-order valence-corrected chi connectivity index (χ3v) is 2.58. The standard InChI is InChI=1S/C13H18FNO3/c1-3-4-10(8-18-2)15-12-6-5-9(14)7-11(12)13(16)17/h5-7,10,15H,3-4,8H2,1-2H3,(H,16,17). The first-order chi connectivity index (χ1) is 8.58. The summed E-state index contributed by atoms with van der Waals surface area (Å²) in [5.74, 6) is -1.71. The van der Waals surface area contributed by atoms with Crippen molar-refractivity contribution in [3.63, 3.8) is 0 Å². The zero-order valence-corrected chi connectivity index (χ0v) is 10.6. The molecule has 0 saturated carbocycles. The molecule has 0 spiro atoms. The molecule has 18 heavy (non-hydrogen) atoms. The number of benzene rings is 1. The molecule has 0 bridgehead atoms. The van der Waals surface area contributed by atoms with Gasteiger partial charge in [0.2, 0.25) is 0 Å². The number of halogens is 1. The molecule has 5 heteroatoms. The Kier molecular flexibility index (Phi) is 5.58. The number of hydrogen-bond acceptors (Lipinski definition) is 3. The van der Waals surface area contributed by atoms with Crippen molar-refractivity contribution in [3.8, 4) is 0 Å². The molecule has 0 heterocycles. The van der Waals surface area contributed by atoms with E-state index in [-0.39, 0.29) is 11.6 Å². The number of ether oxygens (including phenoxy) is 1. The Bertz CT molecular complexity index is 403. The van der Waals surface area contributed by atoms with E-state index in [2.05, 4.69) is 5.32 Å². The van der Waals surface area contributed by atoms with Crippen LogP contribution in [0.1, 0.15) is 30.1 Å². The van der Waals surface area contributed by atoms with Crippen LogP contribution in [0.4, 0.5) is 10.1 Å². The molecule has 0 aliphatic carbocycles. The van der Waals surface area contributed by atoms with Crippen LogP contribution >= 0.6 is 0 Å². The molecule has 0 aliphatic heterocycles. The molecule has 0 saturated heterocycles. The van der Waals surface area contributed by atoms with Crippen LogP contribution < -0.4 is 5.32 Å². The molecule has 100 valence electrons. The lowest BCUT2D eigenvalue weighted by molar-refractivity contribution is 0.0697. The number of carboxylic acids is 1. The van der Waals surface area contributed by atoms with Crippen LogP contribution in [0.2, 0.25) is 0 Å². The molecule has 1 atom stereocenters. The summed E-state index contributed by atoms with van der Waals surface area (Å²) in [4.78, 5) is 11.0. The summed E-state index contributed by atoms with van der Waals surface area (Å²) >= 11 is 0. The number of carbonyl (C=O) groups is 1. The van der Waals surface area contributed by atoms with Gasteiger partial charge >= 0.3 is 5.97 Å². The first kappa shape index (κ1) is 14.4. The van der Waals surface area contributed by atoms with Crippen molar-refractivity contribution in [2.45, 2.75) is 25.8 Å². The molecule has 0 aromatic heterocycles. The maximum Gasteiger partial charge on any atom is 0.337 e. The predicted octanol–water partition coefficient (Wildman–Crippen LogP) is 2.75. The number of hydrogen-bond donors (Lipinski definition) is 2. The lowest BCUT2D eigenvalue weighted by Crippen LogP contribution is -2.25. The third-order valence-electron chi connectivity index (χ3n) is 2.58. The molecular weight excluding hydrogens is 237 g/mol. The lowest BCUT2D eigenvalue weighted by Gasteiger charge is -2.19. The minimum Gasteiger partial charge on any atom is -0.478 e. The fraction of sp³-hybridized carbons (Fsp3) is 0.462. The Hall–Kier alpha value is -1.62. The fourth-order valence-electron chi connectivity index (χ4n) is 1.79. The number of anilines is 1. The second-order valence-electron chi connectivity index (χ2n) is 4.08. The van der Waals surface area contributed by atoms with Gasteiger partial charge in [0.05, 0.1) is 12.2 Å². The summed E-state index contributed by atoms with van der Waals surface area (Å²) in [6, 6.07) is 3.71. The Morgan fingerprint density at radius 3 is 2.83 bits per heavy atom. The van der Waals surface area contributed by atoms with Gasteiger partial charge in [-0.3, -0.25) is 0 Å². The minimum absolute atomic E-state index is 0.0172. The first-order valence-corrected chi connectivity index (χ1v) is 5.86. The SMILES string of the molecule is CCCC(COC)Nc1ccc(F)cc1C(=O)O. The average Bonchev–Trinajstić information content (AvgIpc) is 2.32. The molecule has 4 nitrogen and oxygen atoms in total. The monoisotopic (exact) mass is 255 g/mol. The first-order valence-electron chi connectivity index (χ1n) is 5.86. The smallest absolute Gasteiger partial charge is 0.337 e. The molecule has 1 unspecified atom stereocenters. The van der Waals surface area contributed by atoms with Crippen LogP contribution in [0.5, 0.6) is 0 Å². The van der Waals surface area contributed by atoms with Crippen molar-refractivity contribution >= 4 is 11.7 Å². The zero-order chi connectivity index (χ0) is 13.5. The average molecular weight is 255 g/mol. The summed E-state index contributed by atoms with van der Waals surface area (Å²) in [6.07, 6.45) is 1.80. The van der Waals surface area contributed by atoms with Crippen molar-refractivity contribution in [2.24, 2.45) is 0 Å². The molecule has 1 rings (SSSR count). The summed E-state index contributed by atoms with van der Waals surface area (Å²) in [6.45, 7) is 2.51. The number of rotatable bonds is 7. The van der Waals surface area contributed by atoms with E-state index in [1.165, 1.54) is 12.1 Å². The van der Waals surface area contributed by atoms with E-state index in [0.717, 1.165) is 18.9 Å². The van der Waals surface area contributed by atoms with Gasteiger partial charge < -0.3 is 15.2 Å². The minimum atomic E-state index is -1.15. The highest BCUT2D eigenvalue weighted by molar-refractivity contribution is 5.94. The molecule has 2 N–H and O–H groups in total. The van der Waals surface area contributed by atoms with E-state index in [0.29, 0.717) is 12.3 Å². The lowest BCUT2D eigenvalue weighted by atomic mass is 10.1. The molecular formula is C13H18FNO3. The van der Waals surface area contributed by atoms with Crippen molar-refractivity contribution in [1.29, 1.82) is 0 Å². The molecule has 0 aliphatic rings. The van der Waals surface area contributed by atoms with Crippen molar-refractivity contribution in [2.75, 3.05) is 19.0 Å². The third kappa shape index (κ3) is 4.00. The van der Waals surface area contributed by atoms with Crippen molar-refractivity contribution in [1.82, 2.24) is 0 Å². The number of aromatic carboxylic acids is 1. The van der Waals surface area contributed by atoms with Crippen molar-refractivity contribution in [3.05, 3.63) is 29.6 Å². The van der Waals surface area contributed by atoms with Crippen LogP contribution in [0.3, 0.4) is 0 Å². The summed E-state index contributed by atoms with van der Waals surface area (Å²) in [5, 5.41) is 12.1. The normalized spacial score (nSPS) is 12.2. The van der Waals surface area contributed by atoms with Gasteiger partial charge in [-0.25, -0.2) is 9.18 Å². The predicted molar refractivity (Wildman–Crippen MR) is 67.6 cm³/mol. The zero-order valence-electron chi connectivity index (χ0n) is 10.6. The summed E-state index contributed by atoms with van der Waals surface area (Å²) < 4.78 is 18.1. The van der Waals surface area contributed by atoms with Gasteiger partial charge in [0.1, 0.15) is 5.82 Å². The Morgan fingerprint density at radius 2 is 2.28 bits per heavy atom. The maximum atomic E-state index is 13.0. The van der Waals surface area contributed by atoms with E-state index in [4.69, 9.17) is 9.84 Å². The van der Waals surface area contributed by atoms with E-state index in [1.54, 1.807) is 7.11 Å². The van der Waals surface area contributed by atoms with Gasteiger partial charge in [-0.15, -0.1) is 0 Å². The highest BCUT2D eigenvalue weighted by Gasteiger charge is 2.14. The van der Waals surface area contributed by atoms with Gasteiger partial charge in [0.25, 0.3) is 0 Å². The van der Waals surface area contributed by atoms with Crippen LogP contribution in [0.25, 0.3) is 0 Å². The van der Waals surface area contributed by atoms with Gasteiger partial charge in [0, 0.05) is 18.8 Å². The Morgan fingerprint density at radius 1 is 1.56 bits per heavy atom. The second-order valence-corrected chi connectivity index (χ2v) is 4.08. The quantitative estimate of drug-likeness (QED) is 0.786. The molecule has 0 radical (unpaired) electrons. The van der Waals surface area contributed by atoms with Crippen LogP contribution in [-0.2, 0) is 4.74 Å². The van der Waals surface area contributed by atoms with Crippen LogP contribution in [0, 0.1) is 5.82 Å². The number of nitrogens with one attached hydrogen (secondary N) is 1. The molecule has 1 aromatic rings. The molecule has 1 aromatic carbocycles. The van der Waals surface area contributed by atoms with Crippen LogP contribution in [-0.4, -0.2) is 30.8 Å². The number of carboxylic acid groups (broad SMARTS) is 1. The van der Waals surface area contributed by atoms with E-state index >= 15 is 0 Å². The van der Waals surface area contributed by atoms with E-state index in [9.17, 15) is 9.18 Å². The largest absolute Gasteiger partial charge is 0.478 e. The van der Waals surface area contributed by atoms with Gasteiger partial charge in [-0.05, 0) is 24.6 Å². The van der Waals surface area contributed by atoms with Gasteiger partial charge in [-0.1, -0.05) is 13.3 Å². The Balaban J connectivity index is 2.90. The topological polar surface area (TPSA) is 58.6 Å². The van der Waals surface area contributed by atoms with Crippen LogP contribution in [0.15, 0.2) is 18.2 Å². The van der Waals surface area contributed by atoms with Crippen molar-refractivity contribution < 1.29 is 19.0 Å². The maximum absolute atomic E-state index is 13.0. The molecule has 0 fully saturated rings.